The maximum Gasteiger partial charge on any atom is 0.319 e. The molecule has 0 saturated heterocycles. The van der Waals surface area contributed by atoms with Gasteiger partial charge in [0.1, 0.15) is 6.04 Å². The number of hydrogen-bond donors (Lipinski definition) is 4. The van der Waals surface area contributed by atoms with Gasteiger partial charge >= 0.3 is 6.03 Å². The molecule has 1 atom stereocenters. The molecule has 2 aromatic rings. The van der Waals surface area contributed by atoms with Crippen molar-refractivity contribution in [2.24, 2.45) is 5.92 Å². The summed E-state index contributed by atoms with van der Waals surface area (Å²) in [5, 5.41) is 10.7. The fourth-order valence-electron chi connectivity index (χ4n) is 2.79. The van der Waals surface area contributed by atoms with Crippen molar-refractivity contribution in [3.63, 3.8) is 0 Å². The summed E-state index contributed by atoms with van der Waals surface area (Å²) in [6.45, 7) is 5.48. The zero-order chi connectivity index (χ0) is 21.2. The highest BCUT2D eigenvalue weighted by Gasteiger charge is 2.24. The van der Waals surface area contributed by atoms with Gasteiger partial charge in [0, 0.05) is 11.4 Å². The van der Waals surface area contributed by atoms with Gasteiger partial charge in [-0.15, -0.1) is 0 Å². The second-order valence-corrected chi connectivity index (χ2v) is 6.96. The number of para-hydroxylation sites is 2. The molecule has 0 spiro atoms. The van der Waals surface area contributed by atoms with Gasteiger partial charge in [0.15, 0.2) is 0 Å². The van der Waals surface area contributed by atoms with Gasteiger partial charge in [-0.1, -0.05) is 57.2 Å². The molecule has 0 radical (unpaired) electrons. The van der Waals surface area contributed by atoms with Crippen molar-refractivity contribution < 1.29 is 14.4 Å². The highest BCUT2D eigenvalue weighted by Crippen LogP contribution is 2.15. The molecule has 0 unspecified atom stereocenters. The molecule has 4 N–H and O–H groups in total. The zero-order valence-electron chi connectivity index (χ0n) is 17.0. The molecule has 29 heavy (non-hydrogen) atoms. The second kappa shape index (κ2) is 10.8. The maximum atomic E-state index is 12.5. The Morgan fingerprint density at radius 3 is 2.21 bits per heavy atom. The first-order valence-electron chi connectivity index (χ1n) is 9.68. The van der Waals surface area contributed by atoms with Crippen molar-refractivity contribution >= 4 is 29.2 Å². The Bertz CT molecular complexity index is 837. The monoisotopic (exact) mass is 396 g/mol. The molecule has 0 aliphatic heterocycles. The molecule has 0 aliphatic carbocycles. The fourth-order valence-corrected chi connectivity index (χ4v) is 2.79. The summed E-state index contributed by atoms with van der Waals surface area (Å²) in [5.41, 5.74) is 2.38. The molecule has 2 rings (SSSR count). The van der Waals surface area contributed by atoms with E-state index >= 15 is 0 Å². The third-order valence-corrected chi connectivity index (χ3v) is 4.36. The SMILES string of the molecule is CCc1ccccc1NC(=O)CNC(=O)[C@@H](NC(=O)Nc1ccccc1)C(C)C. The topological polar surface area (TPSA) is 99.3 Å². The quantitative estimate of drug-likeness (QED) is 0.551. The zero-order valence-corrected chi connectivity index (χ0v) is 17.0. The van der Waals surface area contributed by atoms with E-state index in [2.05, 4.69) is 21.3 Å². The van der Waals surface area contributed by atoms with Crippen molar-refractivity contribution in [3.05, 3.63) is 60.2 Å². The molecule has 7 nitrogen and oxygen atoms in total. The standard InChI is InChI=1S/C22H28N4O3/c1-4-16-10-8-9-13-18(16)25-19(27)14-23-21(28)20(15(2)3)26-22(29)24-17-11-6-5-7-12-17/h5-13,15,20H,4,14H2,1-3H3,(H,23,28)(H,25,27)(H2,24,26,29)/t20-/m0/s1. The van der Waals surface area contributed by atoms with Gasteiger partial charge in [0.2, 0.25) is 11.8 Å². The summed E-state index contributed by atoms with van der Waals surface area (Å²) < 4.78 is 0. The molecule has 0 saturated carbocycles. The number of amides is 4. The Kier molecular flexibility index (Phi) is 8.21. The smallest absolute Gasteiger partial charge is 0.319 e. The van der Waals surface area contributed by atoms with E-state index in [0.717, 1.165) is 17.7 Å². The minimum Gasteiger partial charge on any atom is -0.345 e. The van der Waals surface area contributed by atoms with Crippen LogP contribution in [0.25, 0.3) is 0 Å². The molecular formula is C22H28N4O3. The highest BCUT2D eigenvalue weighted by molar-refractivity contribution is 5.97. The molecule has 0 aromatic heterocycles. The van der Waals surface area contributed by atoms with Gasteiger partial charge in [0.25, 0.3) is 0 Å². The van der Waals surface area contributed by atoms with Gasteiger partial charge < -0.3 is 21.3 Å². The van der Waals surface area contributed by atoms with Crippen LogP contribution in [0.3, 0.4) is 0 Å². The molecule has 0 aliphatic rings. The number of benzene rings is 2. The van der Waals surface area contributed by atoms with Crippen LogP contribution >= 0.6 is 0 Å². The van der Waals surface area contributed by atoms with E-state index in [9.17, 15) is 14.4 Å². The third-order valence-electron chi connectivity index (χ3n) is 4.36. The van der Waals surface area contributed by atoms with Crippen molar-refractivity contribution in [2.45, 2.75) is 33.2 Å². The van der Waals surface area contributed by atoms with E-state index < -0.39 is 18.0 Å². The van der Waals surface area contributed by atoms with Gasteiger partial charge in [-0.25, -0.2) is 4.79 Å². The minimum atomic E-state index is -0.769. The van der Waals surface area contributed by atoms with E-state index in [1.165, 1.54) is 0 Å². The number of carbonyl (C=O) groups excluding carboxylic acids is 3. The summed E-state index contributed by atoms with van der Waals surface area (Å²) in [5.74, 6) is -0.891. The largest absolute Gasteiger partial charge is 0.345 e. The van der Waals surface area contributed by atoms with E-state index in [0.29, 0.717) is 5.69 Å². The molecule has 0 heterocycles. The second-order valence-electron chi connectivity index (χ2n) is 6.96. The van der Waals surface area contributed by atoms with Crippen molar-refractivity contribution in [2.75, 3.05) is 17.2 Å². The van der Waals surface area contributed by atoms with Gasteiger partial charge in [-0.05, 0) is 36.1 Å². The molecule has 7 heteroatoms. The minimum absolute atomic E-state index is 0.152. The lowest BCUT2D eigenvalue weighted by Gasteiger charge is -2.22. The Hall–Kier alpha value is -3.35. The van der Waals surface area contributed by atoms with Crippen LogP contribution in [0.4, 0.5) is 16.2 Å². The van der Waals surface area contributed by atoms with E-state index in [-0.39, 0.29) is 18.4 Å². The van der Waals surface area contributed by atoms with Gasteiger partial charge in [-0.3, -0.25) is 9.59 Å². The number of hydrogen-bond acceptors (Lipinski definition) is 3. The number of carbonyl (C=O) groups is 3. The van der Waals surface area contributed by atoms with Crippen LogP contribution in [0, 0.1) is 5.92 Å². The van der Waals surface area contributed by atoms with Crippen LogP contribution in [0.15, 0.2) is 54.6 Å². The predicted molar refractivity (Wildman–Crippen MR) is 115 cm³/mol. The number of anilines is 2. The first-order valence-corrected chi connectivity index (χ1v) is 9.68. The van der Waals surface area contributed by atoms with Crippen molar-refractivity contribution in [1.29, 1.82) is 0 Å². The summed E-state index contributed by atoms with van der Waals surface area (Å²) in [4.78, 5) is 36.9. The van der Waals surface area contributed by atoms with E-state index in [1.54, 1.807) is 24.3 Å². The van der Waals surface area contributed by atoms with Crippen LogP contribution in [-0.2, 0) is 16.0 Å². The lowest BCUT2D eigenvalue weighted by Crippen LogP contribution is -2.52. The Balaban J connectivity index is 1.88. The summed E-state index contributed by atoms with van der Waals surface area (Å²) in [7, 11) is 0. The first kappa shape index (κ1) is 21.9. The van der Waals surface area contributed by atoms with E-state index in [4.69, 9.17) is 0 Å². The lowest BCUT2D eigenvalue weighted by molar-refractivity contribution is -0.126. The summed E-state index contributed by atoms with van der Waals surface area (Å²) in [6.07, 6.45) is 0.790. The Morgan fingerprint density at radius 1 is 0.897 bits per heavy atom. The highest BCUT2D eigenvalue weighted by atomic mass is 16.2. The number of urea groups is 1. The Labute approximate surface area is 171 Å². The molecule has 154 valence electrons. The summed E-state index contributed by atoms with van der Waals surface area (Å²) >= 11 is 0. The van der Waals surface area contributed by atoms with Crippen LogP contribution in [0.2, 0.25) is 0 Å². The Morgan fingerprint density at radius 2 is 1.55 bits per heavy atom. The molecule has 2 aromatic carbocycles. The first-order chi connectivity index (χ1) is 13.9. The number of aryl methyl sites for hydroxylation is 1. The molecule has 4 amide bonds. The number of rotatable bonds is 8. The maximum absolute atomic E-state index is 12.5. The van der Waals surface area contributed by atoms with Gasteiger partial charge in [-0.2, -0.15) is 0 Å². The van der Waals surface area contributed by atoms with Crippen LogP contribution in [-0.4, -0.2) is 30.4 Å². The predicted octanol–water partition coefficient (Wildman–Crippen LogP) is 3.15. The lowest BCUT2D eigenvalue weighted by atomic mass is 10.0. The van der Waals surface area contributed by atoms with Gasteiger partial charge in [0.05, 0.1) is 6.54 Å². The number of nitrogens with one attached hydrogen (secondary N) is 4. The van der Waals surface area contributed by atoms with Crippen molar-refractivity contribution in [3.8, 4) is 0 Å². The van der Waals surface area contributed by atoms with Crippen LogP contribution in [0.5, 0.6) is 0 Å². The van der Waals surface area contributed by atoms with Crippen LogP contribution in [0.1, 0.15) is 26.3 Å². The average Bonchev–Trinajstić information content (AvgIpc) is 2.71. The summed E-state index contributed by atoms with van der Waals surface area (Å²) in [6, 6.07) is 15.2. The third kappa shape index (κ3) is 6.95. The average molecular weight is 396 g/mol. The molecular weight excluding hydrogens is 368 g/mol. The molecule has 0 bridgehead atoms. The van der Waals surface area contributed by atoms with Crippen molar-refractivity contribution in [1.82, 2.24) is 10.6 Å². The van der Waals surface area contributed by atoms with E-state index in [1.807, 2.05) is 51.1 Å². The fraction of sp³-hybridized carbons (Fsp3) is 0.318. The molecule has 0 fully saturated rings. The van der Waals surface area contributed by atoms with Crippen LogP contribution < -0.4 is 21.3 Å². The normalized spacial score (nSPS) is 11.4.